The summed E-state index contributed by atoms with van der Waals surface area (Å²) in [5, 5.41) is 19.0. The lowest BCUT2D eigenvalue weighted by molar-refractivity contribution is -0.143. The Labute approximate surface area is 164 Å². The highest BCUT2D eigenvalue weighted by Crippen LogP contribution is 2.34. The lowest BCUT2D eigenvalue weighted by Gasteiger charge is -2.26. The van der Waals surface area contributed by atoms with E-state index in [1.807, 2.05) is 56.3 Å². The quantitative estimate of drug-likeness (QED) is 0.636. The number of nitrogens with one attached hydrogen (secondary N) is 1. The van der Waals surface area contributed by atoms with Crippen molar-refractivity contribution in [2.24, 2.45) is 0 Å². The van der Waals surface area contributed by atoms with E-state index in [1.165, 1.54) is 0 Å². The van der Waals surface area contributed by atoms with E-state index in [9.17, 15) is 15.2 Å². The second-order valence-corrected chi connectivity index (χ2v) is 7.06. The van der Waals surface area contributed by atoms with Gasteiger partial charge in [0.25, 0.3) is 0 Å². The fourth-order valence-electron chi connectivity index (χ4n) is 3.63. The molecule has 0 spiro atoms. The number of carboxylic acid groups (broad SMARTS) is 1. The summed E-state index contributed by atoms with van der Waals surface area (Å²) in [4.78, 5) is 20.1. The molecule has 2 heterocycles. The van der Waals surface area contributed by atoms with Crippen LogP contribution in [0.3, 0.4) is 0 Å². The molecule has 2 aromatic heterocycles. The molecule has 3 aromatic rings. The van der Waals surface area contributed by atoms with E-state index in [4.69, 9.17) is 4.98 Å². The van der Waals surface area contributed by atoms with Crippen LogP contribution in [0.2, 0.25) is 0 Å². The first-order valence-corrected chi connectivity index (χ1v) is 9.26. The van der Waals surface area contributed by atoms with E-state index in [0.717, 1.165) is 33.9 Å². The number of rotatable bonds is 6. The normalized spacial score (nSPS) is 12.9. The lowest BCUT2D eigenvalue weighted by atomic mass is 9.75. The van der Waals surface area contributed by atoms with E-state index in [-0.39, 0.29) is 6.42 Å². The molecule has 0 aliphatic heterocycles. The minimum Gasteiger partial charge on any atom is -0.481 e. The number of aromatic amines is 1. The van der Waals surface area contributed by atoms with Crippen molar-refractivity contribution >= 4 is 5.97 Å². The van der Waals surface area contributed by atoms with Gasteiger partial charge < -0.3 is 10.1 Å². The number of aromatic nitrogens is 2. The van der Waals surface area contributed by atoms with E-state index in [2.05, 4.69) is 11.1 Å². The van der Waals surface area contributed by atoms with Crippen LogP contribution in [0.1, 0.15) is 36.7 Å². The van der Waals surface area contributed by atoms with E-state index >= 15 is 0 Å². The van der Waals surface area contributed by atoms with Crippen molar-refractivity contribution in [3.8, 4) is 28.6 Å². The molecule has 2 N–H and O–H groups in total. The fourth-order valence-corrected chi connectivity index (χ4v) is 3.63. The standard InChI is InChI=1S/C23H23N3O2/c1-4-23(11-12-24,22(27)28)18-8-5-7-17(14-18)20-9-6-10-21(26-20)19-13-15(2)25-16(19)3/h5-10,13-14,25H,4,11H2,1-3H3,(H,27,28). The summed E-state index contributed by atoms with van der Waals surface area (Å²) in [6.07, 6.45) is 0.270. The van der Waals surface area contributed by atoms with Gasteiger partial charge in [0.05, 0.1) is 23.9 Å². The van der Waals surface area contributed by atoms with Gasteiger partial charge >= 0.3 is 5.97 Å². The molecule has 0 radical (unpaired) electrons. The summed E-state index contributed by atoms with van der Waals surface area (Å²) >= 11 is 0. The molecule has 1 unspecified atom stereocenters. The van der Waals surface area contributed by atoms with Gasteiger partial charge in [-0.1, -0.05) is 31.2 Å². The second-order valence-electron chi connectivity index (χ2n) is 7.06. The number of carboxylic acids is 1. The smallest absolute Gasteiger partial charge is 0.315 e. The Bertz CT molecular complexity index is 1060. The van der Waals surface area contributed by atoms with Gasteiger partial charge in [-0.25, -0.2) is 4.98 Å². The number of nitrogens with zero attached hydrogens (tertiary/aromatic N) is 2. The van der Waals surface area contributed by atoms with Crippen molar-refractivity contribution in [3.63, 3.8) is 0 Å². The summed E-state index contributed by atoms with van der Waals surface area (Å²) in [5.74, 6) is -0.978. The van der Waals surface area contributed by atoms with Crippen LogP contribution in [0, 0.1) is 25.2 Å². The molecule has 1 aromatic carbocycles. The molecule has 0 saturated heterocycles. The minimum atomic E-state index is -1.21. The van der Waals surface area contributed by atoms with Crippen molar-refractivity contribution in [1.29, 1.82) is 5.26 Å². The van der Waals surface area contributed by atoms with Crippen LogP contribution in [0.15, 0.2) is 48.5 Å². The molecule has 1 atom stereocenters. The zero-order valence-corrected chi connectivity index (χ0v) is 16.3. The topological polar surface area (TPSA) is 89.8 Å². The zero-order chi connectivity index (χ0) is 20.3. The van der Waals surface area contributed by atoms with Crippen LogP contribution >= 0.6 is 0 Å². The van der Waals surface area contributed by atoms with Gasteiger partial charge in [0.1, 0.15) is 5.41 Å². The average Bonchev–Trinajstić information content (AvgIpc) is 3.04. The third-order valence-corrected chi connectivity index (χ3v) is 5.28. The zero-order valence-electron chi connectivity index (χ0n) is 16.3. The number of carbonyl (C=O) groups is 1. The van der Waals surface area contributed by atoms with Crippen LogP contribution in [-0.2, 0) is 10.2 Å². The van der Waals surface area contributed by atoms with E-state index < -0.39 is 11.4 Å². The third-order valence-electron chi connectivity index (χ3n) is 5.28. The molecular formula is C23H23N3O2. The molecule has 0 aliphatic rings. The number of benzene rings is 1. The van der Waals surface area contributed by atoms with Gasteiger partial charge in [-0.15, -0.1) is 0 Å². The maximum absolute atomic E-state index is 12.0. The van der Waals surface area contributed by atoms with Crippen LogP contribution in [-0.4, -0.2) is 21.0 Å². The molecule has 142 valence electrons. The van der Waals surface area contributed by atoms with Crippen LogP contribution < -0.4 is 0 Å². The fraction of sp³-hybridized carbons (Fsp3) is 0.261. The number of H-pyrrole nitrogens is 1. The molecule has 3 rings (SSSR count). The summed E-state index contributed by atoms with van der Waals surface area (Å²) < 4.78 is 0. The molecule has 5 heteroatoms. The molecular weight excluding hydrogens is 350 g/mol. The highest BCUT2D eigenvalue weighted by molar-refractivity contribution is 5.82. The van der Waals surface area contributed by atoms with Crippen LogP contribution in [0.25, 0.3) is 22.5 Å². The Morgan fingerprint density at radius 2 is 1.89 bits per heavy atom. The van der Waals surface area contributed by atoms with Gasteiger partial charge in [0, 0.05) is 22.5 Å². The highest BCUT2D eigenvalue weighted by atomic mass is 16.4. The molecule has 0 fully saturated rings. The Balaban J connectivity index is 2.08. The van der Waals surface area contributed by atoms with Gasteiger partial charge in [-0.3, -0.25) is 4.79 Å². The van der Waals surface area contributed by atoms with Crippen molar-refractivity contribution in [2.45, 2.75) is 39.0 Å². The Morgan fingerprint density at radius 1 is 1.18 bits per heavy atom. The second kappa shape index (κ2) is 7.69. The van der Waals surface area contributed by atoms with Gasteiger partial charge in [0.2, 0.25) is 0 Å². The first-order chi connectivity index (χ1) is 13.4. The van der Waals surface area contributed by atoms with Crippen LogP contribution in [0.5, 0.6) is 0 Å². The molecule has 0 saturated carbocycles. The van der Waals surface area contributed by atoms with E-state index in [0.29, 0.717) is 12.0 Å². The summed E-state index contributed by atoms with van der Waals surface area (Å²) in [6, 6.07) is 17.3. The molecule has 0 amide bonds. The minimum absolute atomic E-state index is 0.0718. The Hall–Kier alpha value is -3.39. The predicted octanol–water partition coefficient (Wildman–Crippen LogP) is 5.01. The van der Waals surface area contributed by atoms with Gasteiger partial charge in [-0.05, 0) is 50.1 Å². The third kappa shape index (κ3) is 3.41. The molecule has 5 nitrogen and oxygen atoms in total. The number of nitriles is 1. The first-order valence-electron chi connectivity index (χ1n) is 9.26. The average molecular weight is 373 g/mol. The largest absolute Gasteiger partial charge is 0.481 e. The number of hydrogen-bond donors (Lipinski definition) is 2. The van der Waals surface area contributed by atoms with E-state index in [1.54, 1.807) is 13.0 Å². The van der Waals surface area contributed by atoms with Crippen molar-refractivity contribution in [1.82, 2.24) is 9.97 Å². The number of hydrogen-bond acceptors (Lipinski definition) is 3. The van der Waals surface area contributed by atoms with Gasteiger partial charge in [-0.2, -0.15) is 5.26 Å². The molecule has 0 aliphatic carbocycles. The van der Waals surface area contributed by atoms with Crippen molar-refractivity contribution < 1.29 is 9.90 Å². The maximum Gasteiger partial charge on any atom is 0.315 e. The lowest BCUT2D eigenvalue weighted by Crippen LogP contribution is -2.34. The van der Waals surface area contributed by atoms with Crippen molar-refractivity contribution in [3.05, 3.63) is 65.5 Å². The number of aliphatic carboxylic acids is 1. The Kier molecular flexibility index (Phi) is 5.32. The Morgan fingerprint density at radius 3 is 2.50 bits per heavy atom. The van der Waals surface area contributed by atoms with Crippen molar-refractivity contribution in [2.75, 3.05) is 0 Å². The molecule has 28 heavy (non-hydrogen) atoms. The summed E-state index contributed by atoms with van der Waals surface area (Å²) in [5.41, 5.74) is 5.06. The molecule has 0 bridgehead atoms. The maximum atomic E-state index is 12.0. The van der Waals surface area contributed by atoms with Crippen LogP contribution in [0.4, 0.5) is 0 Å². The van der Waals surface area contributed by atoms with Gasteiger partial charge in [0.15, 0.2) is 0 Å². The summed E-state index contributed by atoms with van der Waals surface area (Å²) in [6.45, 7) is 5.82. The number of pyridine rings is 1. The first kappa shape index (κ1) is 19.4. The predicted molar refractivity (Wildman–Crippen MR) is 109 cm³/mol. The number of aryl methyl sites for hydroxylation is 2. The SMILES string of the molecule is CCC(CC#N)(C(=O)O)c1cccc(-c2cccc(-c3cc(C)[nH]c3C)n2)c1. The monoisotopic (exact) mass is 373 g/mol. The summed E-state index contributed by atoms with van der Waals surface area (Å²) in [7, 11) is 0. The highest BCUT2D eigenvalue weighted by Gasteiger charge is 2.38.